The Labute approximate surface area is 130 Å². The first kappa shape index (κ1) is 14.8. The Morgan fingerprint density at radius 2 is 1.45 bits per heavy atom. The van der Waals surface area contributed by atoms with Crippen LogP contribution in [0.5, 0.6) is 0 Å². The lowest BCUT2D eigenvalue weighted by atomic mass is 10.1. The van der Waals surface area contributed by atoms with Crippen LogP contribution >= 0.6 is 0 Å². The third kappa shape index (κ3) is 2.89. The summed E-state index contributed by atoms with van der Waals surface area (Å²) in [6.07, 6.45) is -0.537. The molecule has 0 amide bonds. The van der Waals surface area contributed by atoms with Gasteiger partial charge >= 0.3 is 0 Å². The highest BCUT2D eigenvalue weighted by molar-refractivity contribution is 7.87. The summed E-state index contributed by atoms with van der Waals surface area (Å²) in [4.78, 5) is 0.202. The van der Waals surface area contributed by atoms with Crippen LogP contribution < -0.4 is 0 Å². The smallest absolute Gasteiger partial charge is 0.258 e. The average Bonchev–Trinajstić information content (AvgIpc) is 2.54. The van der Waals surface area contributed by atoms with Crippen molar-refractivity contribution in [1.29, 1.82) is 0 Å². The van der Waals surface area contributed by atoms with Gasteiger partial charge in [-0.05, 0) is 23.9 Å². The first-order valence-corrected chi connectivity index (χ1v) is 8.45. The first-order valence-electron chi connectivity index (χ1n) is 7.04. The maximum Gasteiger partial charge on any atom is 0.298 e. The zero-order valence-corrected chi connectivity index (χ0v) is 13.0. The molecule has 0 aliphatic carbocycles. The molecule has 0 saturated carbocycles. The molecule has 3 rings (SSSR count). The van der Waals surface area contributed by atoms with E-state index >= 15 is 0 Å². The molecule has 22 heavy (non-hydrogen) atoms. The first-order chi connectivity index (χ1) is 10.6. The monoisotopic (exact) mass is 312 g/mol. The van der Waals surface area contributed by atoms with E-state index in [4.69, 9.17) is 4.18 Å². The fourth-order valence-electron chi connectivity index (χ4n) is 2.44. The predicted octanol–water partition coefficient (Wildman–Crippen LogP) is 4.31. The molecule has 3 aromatic carbocycles. The molecule has 0 radical (unpaired) electrons. The van der Waals surface area contributed by atoms with E-state index in [1.165, 1.54) is 0 Å². The summed E-state index contributed by atoms with van der Waals surface area (Å²) in [6, 6.07) is 21.9. The van der Waals surface area contributed by atoms with Crippen molar-refractivity contribution in [3.8, 4) is 0 Å². The largest absolute Gasteiger partial charge is 0.298 e. The van der Waals surface area contributed by atoms with E-state index in [9.17, 15) is 8.42 Å². The summed E-state index contributed by atoms with van der Waals surface area (Å²) in [5, 5.41) is 1.55. The number of fused-ring (bicyclic) bond motifs is 1. The Balaban J connectivity index is 1.99. The third-order valence-electron chi connectivity index (χ3n) is 3.56. The van der Waals surface area contributed by atoms with Gasteiger partial charge in [-0.3, -0.25) is 4.18 Å². The normalized spacial score (nSPS) is 13.1. The molecule has 0 spiro atoms. The van der Waals surface area contributed by atoms with Gasteiger partial charge in [-0.1, -0.05) is 66.7 Å². The molecule has 0 aliphatic heterocycles. The van der Waals surface area contributed by atoms with E-state index in [2.05, 4.69) is 0 Å². The molecule has 0 heterocycles. The Morgan fingerprint density at radius 1 is 0.818 bits per heavy atom. The van der Waals surface area contributed by atoms with Gasteiger partial charge in [-0.2, -0.15) is 8.42 Å². The SMILES string of the molecule is CC(OS(=O)(=O)c1cccc2ccccc12)c1ccccc1. The molecule has 0 aliphatic rings. The van der Waals surface area contributed by atoms with Crippen molar-refractivity contribution >= 4 is 20.9 Å². The minimum Gasteiger partial charge on any atom is -0.258 e. The Morgan fingerprint density at radius 3 is 2.23 bits per heavy atom. The Hall–Kier alpha value is -2.17. The predicted molar refractivity (Wildman–Crippen MR) is 87.1 cm³/mol. The van der Waals surface area contributed by atoms with Crippen LogP contribution in [0.1, 0.15) is 18.6 Å². The quantitative estimate of drug-likeness (QED) is 0.674. The van der Waals surface area contributed by atoms with Crippen LogP contribution in [0.2, 0.25) is 0 Å². The summed E-state index contributed by atoms with van der Waals surface area (Å²) in [5.41, 5.74) is 0.825. The second-order valence-corrected chi connectivity index (χ2v) is 6.62. The van der Waals surface area contributed by atoms with E-state index in [1.54, 1.807) is 25.1 Å². The van der Waals surface area contributed by atoms with E-state index < -0.39 is 16.2 Å². The van der Waals surface area contributed by atoms with Crippen LogP contribution in [0.15, 0.2) is 77.7 Å². The van der Waals surface area contributed by atoms with Crippen molar-refractivity contribution in [3.05, 3.63) is 78.4 Å². The number of hydrogen-bond donors (Lipinski definition) is 0. The molecule has 0 bridgehead atoms. The number of rotatable bonds is 4. The van der Waals surface area contributed by atoms with E-state index in [1.807, 2.05) is 54.6 Å². The lowest BCUT2D eigenvalue weighted by molar-refractivity contribution is 0.234. The number of benzene rings is 3. The van der Waals surface area contributed by atoms with Crippen molar-refractivity contribution in [2.45, 2.75) is 17.9 Å². The van der Waals surface area contributed by atoms with Gasteiger partial charge in [-0.15, -0.1) is 0 Å². The maximum atomic E-state index is 12.6. The molecule has 0 fully saturated rings. The van der Waals surface area contributed by atoms with Crippen LogP contribution in [0, 0.1) is 0 Å². The van der Waals surface area contributed by atoms with Gasteiger partial charge in [0.1, 0.15) is 4.90 Å². The molecule has 4 heteroatoms. The van der Waals surface area contributed by atoms with Gasteiger partial charge in [0.15, 0.2) is 0 Å². The molecule has 1 atom stereocenters. The van der Waals surface area contributed by atoms with Gasteiger partial charge in [0.05, 0.1) is 6.10 Å². The van der Waals surface area contributed by atoms with E-state index in [-0.39, 0.29) is 4.90 Å². The van der Waals surface area contributed by atoms with E-state index in [0.29, 0.717) is 5.39 Å². The second kappa shape index (κ2) is 5.91. The minimum absolute atomic E-state index is 0.202. The maximum absolute atomic E-state index is 12.6. The second-order valence-electron chi connectivity index (χ2n) is 5.08. The van der Waals surface area contributed by atoms with Crippen molar-refractivity contribution < 1.29 is 12.6 Å². The Bertz CT molecular complexity index is 881. The standard InChI is InChI=1S/C18H16O3S/c1-14(15-8-3-2-4-9-15)21-22(19,20)18-13-7-11-16-10-5-6-12-17(16)18/h2-14H,1H3. The van der Waals surface area contributed by atoms with Crippen LogP contribution in [0.3, 0.4) is 0 Å². The highest BCUT2D eigenvalue weighted by Crippen LogP contribution is 2.28. The minimum atomic E-state index is -3.83. The third-order valence-corrected chi connectivity index (χ3v) is 5.00. The van der Waals surface area contributed by atoms with E-state index in [0.717, 1.165) is 10.9 Å². The highest BCUT2D eigenvalue weighted by Gasteiger charge is 2.22. The molecule has 0 N–H and O–H groups in total. The van der Waals surface area contributed by atoms with Crippen molar-refractivity contribution in [3.63, 3.8) is 0 Å². The highest BCUT2D eigenvalue weighted by atomic mass is 32.2. The van der Waals surface area contributed by atoms with Crippen LogP contribution in [-0.2, 0) is 14.3 Å². The van der Waals surface area contributed by atoms with Gasteiger partial charge in [-0.25, -0.2) is 0 Å². The van der Waals surface area contributed by atoms with Crippen LogP contribution in [0.4, 0.5) is 0 Å². The molecule has 0 saturated heterocycles. The zero-order chi connectivity index (χ0) is 15.6. The lowest BCUT2D eigenvalue weighted by Crippen LogP contribution is -2.10. The summed E-state index contributed by atoms with van der Waals surface area (Å²) >= 11 is 0. The molecule has 0 aromatic heterocycles. The fourth-order valence-corrected chi connectivity index (χ4v) is 3.73. The van der Waals surface area contributed by atoms with Crippen molar-refractivity contribution in [2.24, 2.45) is 0 Å². The average molecular weight is 312 g/mol. The fraction of sp³-hybridized carbons (Fsp3) is 0.111. The van der Waals surface area contributed by atoms with Gasteiger partial charge < -0.3 is 0 Å². The zero-order valence-electron chi connectivity index (χ0n) is 12.1. The lowest BCUT2D eigenvalue weighted by Gasteiger charge is -2.14. The van der Waals surface area contributed by atoms with Gasteiger partial charge in [0.25, 0.3) is 10.1 Å². The van der Waals surface area contributed by atoms with Crippen LogP contribution in [-0.4, -0.2) is 8.42 Å². The van der Waals surface area contributed by atoms with Crippen LogP contribution in [0.25, 0.3) is 10.8 Å². The molecular formula is C18H16O3S. The molecule has 3 nitrogen and oxygen atoms in total. The molecular weight excluding hydrogens is 296 g/mol. The van der Waals surface area contributed by atoms with Gasteiger partial charge in [0.2, 0.25) is 0 Å². The summed E-state index contributed by atoms with van der Waals surface area (Å²) in [7, 11) is -3.83. The molecule has 112 valence electrons. The Kier molecular flexibility index (Phi) is 3.96. The molecule has 3 aromatic rings. The topological polar surface area (TPSA) is 43.4 Å². The summed E-state index contributed by atoms with van der Waals surface area (Å²) < 4.78 is 30.6. The summed E-state index contributed by atoms with van der Waals surface area (Å²) in [6.45, 7) is 1.73. The number of hydrogen-bond acceptors (Lipinski definition) is 3. The van der Waals surface area contributed by atoms with Crippen molar-refractivity contribution in [2.75, 3.05) is 0 Å². The molecule has 1 unspecified atom stereocenters. The summed E-state index contributed by atoms with van der Waals surface area (Å²) in [5.74, 6) is 0. The van der Waals surface area contributed by atoms with Crippen molar-refractivity contribution in [1.82, 2.24) is 0 Å². The van der Waals surface area contributed by atoms with Gasteiger partial charge in [0, 0.05) is 5.39 Å².